The average molecular weight is 229 g/mol. The molecule has 1 heterocycles. The van der Waals surface area contributed by atoms with E-state index in [4.69, 9.17) is 10.6 Å². The predicted octanol–water partition coefficient (Wildman–Crippen LogP) is 2.25. The van der Waals surface area contributed by atoms with Crippen LogP contribution in [0.5, 0.6) is 5.75 Å². The molecule has 0 aliphatic rings. The summed E-state index contributed by atoms with van der Waals surface area (Å²) in [5.41, 5.74) is 4.52. The van der Waals surface area contributed by atoms with E-state index in [1.807, 2.05) is 43.3 Å². The number of hydrazine groups is 1. The molecule has 1 aromatic heterocycles. The van der Waals surface area contributed by atoms with Gasteiger partial charge in [-0.1, -0.05) is 18.2 Å². The molecule has 3 N–H and O–H groups in total. The largest absolute Gasteiger partial charge is 0.487 e. The van der Waals surface area contributed by atoms with Gasteiger partial charge in [-0.05, 0) is 36.8 Å². The fraction of sp³-hybridized carbons (Fsp3) is 0.154. The van der Waals surface area contributed by atoms with E-state index in [0.29, 0.717) is 12.4 Å². The fourth-order valence-corrected chi connectivity index (χ4v) is 1.50. The van der Waals surface area contributed by atoms with E-state index in [0.717, 1.165) is 11.4 Å². The molecule has 0 radical (unpaired) electrons. The van der Waals surface area contributed by atoms with Crippen molar-refractivity contribution in [2.24, 2.45) is 5.84 Å². The van der Waals surface area contributed by atoms with Crippen LogP contribution in [0.15, 0.2) is 42.5 Å². The molecule has 88 valence electrons. The molecule has 0 aliphatic carbocycles. The number of hydrogen-bond acceptors (Lipinski definition) is 4. The second-order valence-electron chi connectivity index (χ2n) is 3.76. The molecule has 0 bridgehead atoms. The topological polar surface area (TPSA) is 60.2 Å². The van der Waals surface area contributed by atoms with E-state index in [1.165, 1.54) is 5.56 Å². The normalized spacial score (nSPS) is 10.0. The van der Waals surface area contributed by atoms with Gasteiger partial charge < -0.3 is 10.2 Å². The Morgan fingerprint density at radius 3 is 2.82 bits per heavy atom. The highest BCUT2D eigenvalue weighted by Gasteiger charge is 1.98. The number of aryl methyl sites for hydroxylation is 1. The quantitative estimate of drug-likeness (QED) is 0.623. The summed E-state index contributed by atoms with van der Waals surface area (Å²) in [5, 5.41) is 0. The van der Waals surface area contributed by atoms with Crippen molar-refractivity contribution in [1.82, 2.24) is 4.98 Å². The van der Waals surface area contributed by atoms with Crippen molar-refractivity contribution in [3.8, 4) is 5.75 Å². The van der Waals surface area contributed by atoms with Crippen LogP contribution in [-0.4, -0.2) is 4.98 Å². The standard InChI is InChI=1S/C13H15N3O/c1-10-4-2-6-12(8-10)17-9-11-5-3-7-13(15-11)16-14/h2-8H,9,14H2,1H3,(H,15,16). The Hall–Kier alpha value is -2.07. The van der Waals surface area contributed by atoms with Gasteiger partial charge in [-0.2, -0.15) is 0 Å². The number of nitrogens with one attached hydrogen (secondary N) is 1. The Morgan fingerprint density at radius 1 is 1.24 bits per heavy atom. The Balaban J connectivity index is 2.02. The van der Waals surface area contributed by atoms with Crippen molar-refractivity contribution >= 4 is 5.82 Å². The Morgan fingerprint density at radius 2 is 2.06 bits per heavy atom. The first-order valence-electron chi connectivity index (χ1n) is 5.40. The number of anilines is 1. The zero-order valence-corrected chi connectivity index (χ0v) is 9.68. The van der Waals surface area contributed by atoms with E-state index in [2.05, 4.69) is 10.4 Å². The first-order valence-corrected chi connectivity index (χ1v) is 5.40. The first-order chi connectivity index (χ1) is 8.28. The predicted molar refractivity (Wildman–Crippen MR) is 67.6 cm³/mol. The summed E-state index contributed by atoms with van der Waals surface area (Å²) in [4.78, 5) is 4.27. The molecule has 0 fully saturated rings. The molecule has 2 rings (SSSR count). The molecule has 0 aliphatic heterocycles. The molecule has 0 atom stereocenters. The monoisotopic (exact) mass is 229 g/mol. The summed E-state index contributed by atoms with van der Waals surface area (Å²) in [5.74, 6) is 6.77. The van der Waals surface area contributed by atoms with Gasteiger partial charge in [0, 0.05) is 0 Å². The van der Waals surface area contributed by atoms with Gasteiger partial charge in [-0.3, -0.25) is 0 Å². The number of nitrogens with two attached hydrogens (primary N) is 1. The second-order valence-corrected chi connectivity index (χ2v) is 3.76. The number of nitrogens with zero attached hydrogens (tertiary/aromatic N) is 1. The minimum absolute atomic E-state index is 0.430. The van der Waals surface area contributed by atoms with Crippen LogP contribution >= 0.6 is 0 Å². The minimum atomic E-state index is 0.430. The van der Waals surface area contributed by atoms with Crippen LogP contribution < -0.4 is 16.0 Å². The van der Waals surface area contributed by atoms with E-state index < -0.39 is 0 Å². The number of hydrogen-bond donors (Lipinski definition) is 2. The molecule has 1 aromatic carbocycles. The first kappa shape index (κ1) is 11.4. The SMILES string of the molecule is Cc1cccc(OCc2cccc(NN)n2)c1. The van der Waals surface area contributed by atoms with Crippen molar-refractivity contribution < 1.29 is 4.74 Å². The fourth-order valence-electron chi connectivity index (χ4n) is 1.50. The van der Waals surface area contributed by atoms with E-state index in [9.17, 15) is 0 Å². The summed E-state index contributed by atoms with van der Waals surface area (Å²) in [7, 11) is 0. The van der Waals surface area contributed by atoms with E-state index in [-0.39, 0.29) is 0 Å². The molecule has 4 heteroatoms. The number of ether oxygens (including phenoxy) is 1. The third kappa shape index (κ3) is 3.19. The van der Waals surface area contributed by atoms with Crippen LogP contribution in [0.1, 0.15) is 11.3 Å². The van der Waals surface area contributed by atoms with Gasteiger partial charge >= 0.3 is 0 Å². The molecule has 0 amide bonds. The average Bonchev–Trinajstić information content (AvgIpc) is 2.37. The highest BCUT2D eigenvalue weighted by Crippen LogP contribution is 2.14. The number of rotatable bonds is 4. The van der Waals surface area contributed by atoms with Crippen LogP contribution in [0.3, 0.4) is 0 Å². The van der Waals surface area contributed by atoms with Crippen LogP contribution in [-0.2, 0) is 6.61 Å². The molecular formula is C13H15N3O. The van der Waals surface area contributed by atoms with Gasteiger partial charge in [-0.15, -0.1) is 0 Å². The molecule has 0 saturated carbocycles. The summed E-state index contributed by atoms with van der Waals surface area (Å²) in [6.45, 7) is 2.46. The number of pyridine rings is 1. The lowest BCUT2D eigenvalue weighted by atomic mass is 10.2. The maximum absolute atomic E-state index is 5.64. The maximum atomic E-state index is 5.64. The van der Waals surface area contributed by atoms with Gasteiger partial charge in [0.2, 0.25) is 0 Å². The lowest BCUT2D eigenvalue weighted by Crippen LogP contribution is -2.09. The van der Waals surface area contributed by atoms with Gasteiger partial charge in [0.15, 0.2) is 0 Å². The van der Waals surface area contributed by atoms with Crippen LogP contribution in [0.4, 0.5) is 5.82 Å². The molecule has 0 saturated heterocycles. The zero-order chi connectivity index (χ0) is 12.1. The lowest BCUT2D eigenvalue weighted by Gasteiger charge is -2.07. The summed E-state index contributed by atoms with van der Waals surface area (Å²) < 4.78 is 5.64. The van der Waals surface area contributed by atoms with Crippen molar-refractivity contribution in [2.75, 3.05) is 5.43 Å². The maximum Gasteiger partial charge on any atom is 0.140 e. The van der Waals surface area contributed by atoms with Gasteiger partial charge in [0.05, 0.1) is 5.69 Å². The van der Waals surface area contributed by atoms with Crippen molar-refractivity contribution in [1.29, 1.82) is 0 Å². The van der Waals surface area contributed by atoms with Gasteiger partial charge in [0.25, 0.3) is 0 Å². The number of benzene rings is 1. The van der Waals surface area contributed by atoms with E-state index >= 15 is 0 Å². The Kier molecular flexibility index (Phi) is 3.57. The highest BCUT2D eigenvalue weighted by molar-refractivity contribution is 5.33. The molecule has 2 aromatic rings. The molecule has 0 unspecified atom stereocenters. The van der Waals surface area contributed by atoms with Crippen molar-refractivity contribution in [2.45, 2.75) is 13.5 Å². The second kappa shape index (κ2) is 5.32. The third-order valence-electron chi connectivity index (χ3n) is 2.33. The van der Waals surface area contributed by atoms with Gasteiger partial charge in [-0.25, -0.2) is 10.8 Å². The molecule has 17 heavy (non-hydrogen) atoms. The molecular weight excluding hydrogens is 214 g/mol. The number of aromatic nitrogens is 1. The van der Waals surface area contributed by atoms with Gasteiger partial charge in [0.1, 0.15) is 18.2 Å². The summed E-state index contributed by atoms with van der Waals surface area (Å²) >= 11 is 0. The van der Waals surface area contributed by atoms with Crippen LogP contribution in [0.25, 0.3) is 0 Å². The molecule has 0 spiro atoms. The van der Waals surface area contributed by atoms with Crippen molar-refractivity contribution in [3.63, 3.8) is 0 Å². The third-order valence-corrected chi connectivity index (χ3v) is 2.33. The summed E-state index contributed by atoms with van der Waals surface area (Å²) in [6, 6.07) is 13.5. The van der Waals surface area contributed by atoms with Crippen molar-refractivity contribution in [3.05, 3.63) is 53.7 Å². The molecule has 4 nitrogen and oxygen atoms in total. The Bertz CT molecular complexity index is 500. The van der Waals surface area contributed by atoms with Crippen LogP contribution in [0, 0.1) is 6.92 Å². The zero-order valence-electron chi connectivity index (χ0n) is 9.68. The van der Waals surface area contributed by atoms with Crippen LogP contribution in [0.2, 0.25) is 0 Å². The smallest absolute Gasteiger partial charge is 0.140 e. The van der Waals surface area contributed by atoms with E-state index in [1.54, 1.807) is 6.07 Å². The highest BCUT2D eigenvalue weighted by atomic mass is 16.5. The Labute approximate surface area is 100 Å². The lowest BCUT2D eigenvalue weighted by molar-refractivity contribution is 0.301. The minimum Gasteiger partial charge on any atom is -0.487 e. The summed E-state index contributed by atoms with van der Waals surface area (Å²) in [6.07, 6.45) is 0. The number of nitrogen functional groups attached to an aromatic ring is 1.